The third kappa shape index (κ3) is 7.72. The molecular weight excluding hydrogens is 550 g/mol. The average molecular weight is 600 g/mol. The molecule has 7 heteroatoms. The van der Waals surface area contributed by atoms with E-state index < -0.39 is 5.97 Å². The number of carbonyl (C=O) groups excluding carboxylic acids is 1. The number of ether oxygens (including phenoxy) is 1. The van der Waals surface area contributed by atoms with Crippen LogP contribution in [0.15, 0.2) is 54.9 Å². The first-order chi connectivity index (χ1) is 21.2. The Labute approximate surface area is 262 Å². The van der Waals surface area contributed by atoms with E-state index in [1.807, 2.05) is 10.9 Å². The SMILES string of the molecule is COc1ccc([C@H]2CC[C@H](CN(c3cccc(-c4cnn(C(C)C)c4)c3)C(=O)[C@H]3CC[C@H](CCC(=O)O)CC3)CC2)cc1C. The molecule has 0 saturated heterocycles. The monoisotopic (exact) mass is 599 g/mol. The van der Waals surface area contributed by atoms with Crippen molar-refractivity contribution in [1.82, 2.24) is 9.78 Å². The van der Waals surface area contributed by atoms with Gasteiger partial charge in [-0.25, -0.2) is 0 Å². The number of hydrogen-bond donors (Lipinski definition) is 1. The first-order valence-electron chi connectivity index (χ1n) is 16.5. The van der Waals surface area contributed by atoms with Crippen LogP contribution < -0.4 is 9.64 Å². The molecule has 2 fully saturated rings. The lowest BCUT2D eigenvalue weighted by atomic mass is 9.77. The number of nitrogens with zero attached hydrogens (tertiary/aromatic N) is 3. The summed E-state index contributed by atoms with van der Waals surface area (Å²) in [5.41, 5.74) is 5.67. The number of benzene rings is 2. The van der Waals surface area contributed by atoms with E-state index in [2.05, 4.69) is 79.4 Å². The van der Waals surface area contributed by atoms with Crippen LogP contribution in [0, 0.1) is 24.7 Å². The van der Waals surface area contributed by atoms with Gasteiger partial charge in [0.15, 0.2) is 0 Å². The van der Waals surface area contributed by atoms with Gasteiger partial charge in [0.1, 0.15) is 5.75 Å². The number of carbonyl (C=O) groups is 2. The minimum atomic E-state index is -0.731. The molecule has 2 aliphatic rings. The Morgan fingerprint density at radius 2 is 1.70 bits per heavy atom. The number of carboxylic acids is 1. The summed E-state index contributed by atoms with van der Waals surface area (Å²) in [4.78, 5) is 27.4. The van der Waals surface area contributed by atoms with Gasteiger partial charge in [-0.1, -0.05) is 24.3 Å². The molecule has 0 aliphatic heterocycles. The molecule has 236 valence electrons. The van der Waals surface area contributed by atoms with Crippen LogP contribution in [0.4, 0.5) is 5.69 Å². The van der Waals surface area contributed by atoms with Gasteiger partial charge in [-0.3, -0.25) is 14.3 Å². The number of anilines is 1. The molecule has 44 heavy (non-hydrogen) atoms. The molecule has 1 N–H and O–H groups in total. The highest BCUT2D eigenvalue weighted by Crippen LogP contribution is 2.39. The Kier molecular flexibility index (Phi) is 10.4. The van der Waals surface area contributed by atoms with Crippen molar-refractivity contribution in [3.8, 4) is 16.9 Å². The van der Waals surface area contributed by atoms with E-state index in [4.69, 9.17) is 9.84 Å². The lowest BCUT2D eigenvalue weighted by Crippen LogP contribution is -2.41. The van der Waals surface area contributed by atoms with Crippen molar-refractivity contribution in [2.45, 2.75) is 96.9 Å². The van der Waals surface area contributed by atoms with Gasteiger partial charge < -0.3 is 14.7 Å². The molecule has 0 spiro atoms. The van der Waals surface area contributed by atoms with E-state index in [0.29, 0.717) is 24.2 Å². The number of methoxy groups -OCH3 is 1. The third-order valence-electron chi connectivity index (χ3n) is 10.0. The maximum absolute atomic E-state index is 14.3. The van der Waals surface area contributed by atoms with Crippen molar-refractivity contribution in [1.29, 1.82) is 0 Å². The van der Waals surface area contributed by atoms with Crippen LogP contribution in [-0.2, 0) is 9.59 Å². The summed E-state index contributed by atoms with van der Waals surface area (Å²) in [5.74, 6) is 1.82. The number of rotatable bonds is 11. The summed E-state index contributed by atoms with van der Waals surface area (Å²) in [5, 5.41) is 13.7. The van der Waals surface area contributed by atoms with Crippen LogP contribution in [0.3, 0.4) is 0 Å². The molecule has 1 heterocycles. The molecule has 0 unspecified atom stereocenters. The minimum absolute atomic E-state index is 0.0120. The van der Waals surface area contributed by atoms with Crippen LogP contribution in [0.25, 0.3) is 11.1 Å². The summed E-state index contributed by atoms with van der Waals surface area (Å²) in [6.07, 6.45) is 12.9. The molecule has 0 atom stereocenters. The quantitative estimate of drug-likeness (QED) is 0.239. The van der Waals surface area contributed by atoms with Gasteiger partial charge >= 0.3 is 5.97 Å². The van der Waals surface area contributed by atoms with Gasteiger partial charge in [-0.05, 0) is 131 Å². The summed E-state index contributed by atoms with van der Waals surface area (Å²) >= 11 is 0. The lowest BCUT2D eigenvalue weighted by Gasteiger charge is -2.36. The molecule has 3 aromatic rings. The zero-order valence-corrected chi connectivity index (χ0v) is 26.9. The Hall–Kier alpha value is -3.61. The van der Waals surface area contributed by atoms with Crippen molar-refractivity contribution in [3.05, 3.63) is 66.0 Å². The second kappa shape index (κ2) is 14.4. The standard InChI is InChI=1S/C37H49N3O4/c1-25(2)40-24-33(22-38-40)31-6-5-7-34(21-31)39(37(43)30-15-8-27(9-16-30)12-19-36(41)42)23-28-10-13-29(14-11-28)32-17-18-35(44-4)26(3)20-32/h5-7,17-18,20-22,24-25,27-30H,8-16,19,23H2,1-4H3,(H,41,42)/t27-,28-,29-,30-. The normalized spacial score (nSPS) is 22.1. The third-order valence-corrected chi connectivity index (χ3v) is 10.0. The highest BCUT2D eigenvalue weighted by molar-refractivity contribution is 5.95. The Bertz CT molecular complexity index is 1410. The fourth-order valence-electron chi connectivity index (χ4n) is 7.28. The van der Waals surface area contributed by atoms with Crippen molar-refractivity contribution in [3.63, 3.8) is 0 Å². The molecule has 1 amide bonds. The highest BCUT2D eigenvalue weighted by atomic mass is 16.5. The van der Waals surface area contributed by atoms with E-state index in [9.17, 15) is 9.59 Å². The van der Waals surface area contributed by atoms with Gasteiger partial charge in [-0.15, -0.1) is 0 Å². The summed E-state index contributed by atoms with van der Waals surface area (Å²) in [7, 11) is 1.72. The van der Waals surface area contributed by atoms with E-state index in [0.717, 1.165) is 80.5 Å². The molecule has 2 aromatic carbocycles. The second-order valence-electron chi connectivity index (χ2n) is 13.4. The van der Waals surface area contributed by atoms with Crippen LogP contribution in [0.5, 0.6) is 5.75 Å². The molecular formula is C37H49N3O4. The molecule has 7 nitrogen and oxygen atoms in total. The minimum Gasteiger partial charge on any atom is -0.496 e. The Balaban J connectivity index is 1.31. The van der Waals surface area contributed by atoms with Crippen molar-refractivity contribution in [2.75, 3.05) is 18.6 Å². The van der Waals surface area contributed by atoms with Gasteiger partial charge in [0.2, 0.25) is 5.91 Å². The van der Waals surface area contributed by atoms with Gasteiger partial charge in [0.25, 0.3) is 0 Å². The first kappa shape index (κ1) is 31.8. The second-order valence-corrected chi connectivity index (χ2v) is 13.4. The highest BCUT2D eigenvalue weighted by Gasteiger charge is 2.33. The summed E-state index contributed by atoms with van der Waals surface area (Å²) in [6, 6.07) is 15.3. The fraction of sp³-hybridized carbons (Fsp3) is 0.541. The van der Waals surface area contributed by atoms with Crippen LogP contribution in [0.2, 0.25) is 0 Å². The largest absolute Gasteiger partial charge is 0.496 e. The predicted octanol–water partition coefficient (Wildman–Crippen LogP) is 8.43. The summed E-state index contributed by atoms with van der Waals surface area (Å²) in [6.45, 7) is 7.09. The average Bonchev–Trinajstić information content (AvgIpc) is 3.54. The number of aryl methyl sites for hydroxylation is 1. The maximum atomic E-state index is 14.3. The number of aliphatic carboxylic acids is 1. The van der Waals surface area contributed by atoms with E-state index in [1.165, 1.54) is 11.1 Å². The van der Waals surface area contributed by atoms with E-state index in [1.54, 1.807) is 7.11 Å². The zero-order chi connectivity index (χ0) is 31.2. The summed E-state index contributed by atoms with van der Waals surface area (Å²) < 4.78 is 7.44. The Morgan fingerprint density at radius 3 is 2.34 bits per heavy atom. The topological polar surface area (TPSA) is 84.7 Å². The molecule has 1 aromatic heterocycles. The molecule has 5 rings (SSSR count). The van der Waals surface area contributed by atoms with Gasteiger partial charge in [0, 0.05) is 42.4 Å². The molecule has 2 saturated carbocycles. The fourth-order valence-corrected chi connectivity index (χ4v) is 7.28. The number of carboxylic acid groups (broad SMARTS) is 1. The Morgan fingerprint density at radius 1 is 0.977 bits per heavy atom. The maximum Gasteiger partial charge on any atom is 0.303 e. The first-order valence-corrected chi connectivity index (χ1v) is 16.5. The smallest absolute Gasteiger partial charge is 0.303 e. The molecule has 0 radical (unpaired) electrons. The van der Waals surface area contributed by atoms with Crippen molar-refractivity contribution >= 4 is 17.6 Å². The van der Waals surface area contributed by atoms with E-state index in [-0.39, 0.29) is 24.3 Å². The zero-order valence-electron chi connectivity index (χ0n) is 26.9. The van der Waals surface area contributed by atoms with Gasteiger partial charge in [-0.2, -0.15) is 5.10 Å². The predicted molar refractivity (Wildman–Crippen MR) is 175 cm³/mol. The molecule has 0 bridgehead atoms. The van der Waals surface area contributed by atoms with Gasteiger partial charge in [0.05, 0.1) is 13.3 Å². The number of amides is 1. The van der Waals surface area contributed by atoms with Crippen LogP contribution in [-0.4, -0.2) is 40.4 Å². The van der Waals surface area contributed by atoms with E-state index >= 15 is 0 Å². The number of aromatic nitrogens is 2. The lowest BCUT2D eigenvalue weighted by molar-refractivity contribution is -0.137. The van der Waals surface area contributed by atoms with Crippen molar-refractivity contribution in [2.24, 2.45) is 17.8 Å². The molecule has 2 aliphatic carbocycles. The van der Waals surface area contributed by atoms with Crippen LogP contribution >= 0.6 is 0 Å². The number of hydrogen-bond acceptors (Lipinski definition) is 4. The van der Waals surface area contributed by atoms with Crippen LogP contribution in [0.1, 0.15) is 101 Å². The van der Waals surface area contributed by atoms with Crippen molar-refractivity contribution < 1.29 is 19.4 Å².